The normalized spacial score (nSPS) is 10.3. The van der Waals surface area contributed by atoms with Gasteiger partial charge in [0.25, 0.3) is 0 Å². The van der Waals surface area contributed by atoms with Crippen LogP contribution in [0.3, 0.4) is 0 Å². The molecule has 0 amide bonds. The van der Waals surface area contributed by atoms with Crippen molar-refractivity contribution in [2.45, 2.75) is 0 Å². The van der Waals surface area contributed by atoms with E-state index in [9.17, 15) is 4.79 Å². The van der Waals surface area contributed by atoms with Crippen molar-refractivity contribution < 1.29 is 19.6 Å². The molecule has 4 aromatic carbocycles. The molecule has 0 aliphatic carbocycles. The van der Waals surface area contributed by atoms with E-state index in [2.05, 4.69) is 30.0 Å². The van der Waals surface area contributed by atoms with E-state index in [1.54, 1.807) is 6.21 Å². The Labute approximate surface area is 194 Å². The molecule has 0 unspecified atom stereocenters. The van der Waals surface area contributed by atoms with Gasteiger partial charge in [0.1, 0.15) is 0 Å². The Balaban J connectivity index is 0.00000132. The first-order valence-corrected chi connectivity index (χ1v) is 11.0. The van der Waals surface area contributed by atoms with Gasteiger partial charge in [-0.1, -0.05) is 97.1 Å². The van der Waals surface area contributed by atoms with Gasteiger partial charge in [-0.25, -0.2) is 0 Å². The monoisotopic (exact) mass is 469 g/mol. The third kappa shape index (κ3) is 6.15. The van der Waals surface area contributed by atoms with Gasteiger partial charge in [0, 0.05) is 17.3 Å². The molecule has 0 spiro atoms. The summed E-state index contributed by atoms with van der Waals surface area (Å²) in [4.78, 5) is 17.5. The first-order valence-electron chi connectivity index (χ1n) is 9.52. The molecular formula is C26H19ClCoN2O. The Morgan fingerprint density at radius 2 is 1.26 bits per heavy atom. The molecule has 4 rings (SSSR count). The van der Waals surface area contributed by atoms with E-state index < -0.39 is 0 Å². The number of hydrogen-bond donors (Lipinski definition) is 0. The molecule has 0 atom stereocenters. The van der Waals surface area contributed by atoms with E-state index in [1.807, 2.05) is 109 Å². The molecule has 0 radical (unpaired) electrons. The van der Waals surface area contributed by atoms with Crippen LogP contribution in [0.1, 0.15) is 21.5 Å². The van der Waals surface area contributed by atoms with Gasteiger partial charge in [0.05, 0.1) is 5.69 Å². The summed E-state index contributed by atoms with van der Waals surface area (Å²) < 4.78 is 0. The molecule has 0 heterocycles. The third-order valence-electron chi connectivity index (χ3n) is 4.47. The van der Waals surface area contributed by atoms with Gasteiger partial charge in [-0.2, -0.15) is 0 Å². The number of aliphatic imine (C=N–C) groups is 1. The van der Waals surface area contributed by atoms with E-state index in [-0.39, 0.29) is 5.78 Å². The van der Waals surface area contributed by atoms with Crippen LogP contribution in [0.25, 0.3) is 5.32 Å². The average molecular weight is 470 g/mol. The fourth-order valence-corrected chi connectivity index (χ4v) is 2.99. The molecule has 0 aliphatic heterocycles. The molecule has 0 bridgehead atoms. The quantitative estimate of drug-likeness (QED) is 0.211. The van der Waals surface area contributed by atoms with E-state index >= 15 is 0 Å². The minimum absolute atomic E-state index is 0.0413. The second-order valence-electron chi connectivity index (χ2n) is 6.48. The zero-order valence-corrected chi connectivity index (χ0v) is 18.3. The van der Waals surface area contributed by atoms with Crippen molar-refractivity contribution >= 4 is 39.2 Å². The fraction of sp³-hybridized carbons (Fsp3) is 0. The molecular weight excluding hydrogens is 451 g/mol. The maximum absolute atomic E-state index is 13.0. The topological polar surface area (TPSA) is 43.5 Å². The number of para-hydroxylation sites is 3. The van der Waals surface area contributed by atoms with Crippen molar-refractivity contribution in [2.24, 2.45) is 4.99 Å². The molecule has 0 saturated carbocycles. The Morgan fingerprint density at radius 1 is 0.710 bits per heavy atom. The van der Waals surface area contributed by atoms with Gasteiger partial charge in [-0.3, -0.25) is 9.79 Å². The molecule has 0 aromatic heterocycles. The minimum atomic E-state index is -0.0413. The van der Waals surface area contributed by atoms with Crippen LogP contribution in [0.4, 0.5) is 17.1 Å². The van der Waals surface area contributed by atoms with Crippen molar-refractivity contribution in [1.29, 1.82) is 0 Å². The van der Waals surface area contributed by atoms with E-state index in [4.69, 9.17) is 5.32 Å². The van der Waals surface area contributed by atoms with Crippen molar-refractivity contribution in [3.63, 3.8) is 0 Å². The molecule has 0 N–H and O–H groups in total. The van der Waals surface area contributed by atoms with Crippen LogP contribution in [0, 0.1) is 0 Å². The summed E-state index contributed by atoms with van der Waals surface area (Å²) in [6.07, 6.45) is 1.80. The predicted octanol–water partition coefficient (Wildman–Crippen LogP) is 7.69. The van der Waals surface area contributed by atoms with Crippen LogP contribution >= 0.6 is 10.1 Å². The van der Waals surface area contributed by atoms with Gasteiger partial charge in [-0.15, -0.1) is 11.4 Å². The Kier molecular flexibility index (Phi) is 8.61. The van der Waals surface area contributed by atoms with Crippen LogP contribution in [-0.2, 0) is 14.8 Å². The molecule has 155 valence electrons. The molecule has 5 heteroatoms. The van der Waals surface area contributed by atoms with Gasteiger partial charge in [-0.05, 0) is 17.7 Å². The third-order valence-corrected chi connectivity index (χ3v) is 4.47. The van der Waals surface area contributed by atoms with Crippen LogP contribution in [0.2, 0.25) is 0 Å². The van der Waals surface area contributed by atoms with E-state index in [1.165, 1.54) is 0 Å². The van der Waals surface area contributed by atoms with Crippen molar-refractivity contribution in [1.82, 2.24) is 0 Å². The summed E-state index contributed by atoms with van der Waals surface area (Å²) in [6, 6.07) is 34.2. The number of halogens is 1. The van der Waals surface area contributed by atoms with Crippen LogP contribution < -0.4 is 0 Å². The Hall–Kier alpha value is -3.18. The zero-order chi connectivity index (χ0) is 21.9. The standard InChI is InChI=1S/C26H20N2O.ClH.Co/c29-26(20-11-3-1-4-12-20)23-16-8-10-18-25(23)28-24-17-9-7-13-21(24)19-27-22-14-5-2-6-15-22;;/h1-19H,(H,27,28,29);1H;/q;;+2/p-2. The molecule has 31 heavy (non-hydrogen) atoms. The zero-order valence-electron chi connectivity index (χ0n) is 16.5. The van der Waals surface area contributed by atoms with Gasteiger partial charge in [0.15, 0.2) is 5.78 Å². The van der Waals surface area contributed by atoms with Crippen molar-refractivity contribution in [3.8, 4) is 0 Å². The SMILES string of the molecule is O=C(c1ccccc1)c1ccccc1[N-]c1ccccc1C=Nc1ccccc1.[Cl][Co+]. The number of benzene rings is 4. The van der Waals surface area contributed by atoms with Gasteiger partial charge in [0.2, 0.25) is 0 Å². The van der Waals surface area contributed by atoms with Crippen molar-refractivity contribution in [3.05, 3.63) is 131 Å². The molecule has 0 aliphatic rings. The van der Waals surface area contributed by atoms with Gasteiger partial charge < -0.3 is 5.32 Å². The first-order chi connectivity index (χ1) is 15.3. The van der Waals surface area contributed by atoms with Crippen LogP contribution in [0.5, 0.6) is 0 Å². The summed E-state index contributed by atoms with van der Waals surface area (Å²) in [5.41, 5.74) is 4.39. The summed E-state index contributed by atoms with van der Waals surface area (Å²) in [6.45, 7) is 0. The maximum atomic E-state index is 13.0. The molecule has 0 fully saturated rings. The van der Waals surface area contributed by atoms with Gasteiger partial charge >= 0.3 is 25.0 Å². The summed E-state index contributed by atoms with van der Waals surface area (Å²) in [7, 11) is 4.33. The second-order valence-corrected chi connectivity index (χ2v) is 6.48. The number of carbonyl (C=O) groups excluding carboxylic acids is 1. The van der Waals surface area contributed by atoms with E-state index in [0.717, 1.165) is 16.9 Å². The fourth-order valence-electron chi connectivity index (χ4n) is 2.99. The molecule has 3 nitrogen and oxygen atoms in total. The Morgan fingerprint density at radius 3 is 1.97 bits per heavy atom. The number of rotatable bonds is 6. The van der Waals surface area contributed by atoms with E-state index in [0.29, 0.717) is 16.8 Å². The second kappa shape index (κ2) is 11.9. The van der Waals surface area contributed by atoms with Crippen molar-refractivity contribution in [2.75, 3.05) is 0 Å². The average Bonchev–Trinajstić information content (AvgIpc) is 2.86. The summed E-state index contributed by atoms with van der Waals surface area (Å²) in [5.74, 6) is -0.0413. The molecule has 0 saturated heterocycles. The van der Waals surface area contributed by atoms with Crippen LogP contribution in [-0.4, -0.2) is 12.0 Å². The first kappa shape index (κ1) is 22.5. The number of ketones is 1. The Bertz CT molecular complexity index is 1150. The van der Waals surface area contributed by atoms with Crippen LogP contribution in [0.15, 0.2) is 114 Å². The summed E-state index contributed by atoms with van der Waals surface area (Å²) in [5, 5.41) is 4.79. The molecule has 4 aromatic rings. The number of carbonyl (C=O) groups is 1. The predicted molar refractivity (Wildman–Crippen MR) is 125 cm³/mol. The number of nitrogens with zero attached hydrogens (tertiary/aromatic N) is 2. The number of hydrogen-bond acceptors (Lipinski definition) is 2. The summed E-state index contributed by atoms with van der Waals surface area (Å²) >= 11 is 3.03.